The van der Waals surface area contributed by atoms with Crippen molar-refractivity contribution in [3.05, 3.63) is 24.0 Å². The SMILES string of the molecule is CC(CNCc1ccn(C)c1)S(C)=O. The molecule has 0 aliphatic heterocycles. The van der Waals surface area contributed by atoms with Gasteiger partial charge in [0.25, 0.3) is 0 Å². The monoisotopic (exact) mass is 214 g/mol. The van der Waals surface area contributed by atoms with Crippen LogP contribution in [0.1, 0.15) is 12.5 Å². The predicted octanol–water partition coefficient (Wildman–Crippen LogP) is 0.882. The molecular formula is C10H18N2OS. The zero-order valence-electron chi connectivity index (χ0n) is 8.99. The van der Waals surface area contributed by atoms with Crippen molar-refractivity contribution in [3.8, 4) is 0 Å². The lowest BCUT2D eigenvalue weighted by atomic mass is 10.3. The van der Waals surface area contributed by atoms with Gasteiger partial charge < -0.3 is 9.88 Å². The first-order chi connectivity index (χ1) is 6.59. The second-order valence-electron chi connectivity index (χ2n) is 3.63. The Labute approximate surface area is 88.0 Å². The van der Waals surface area contributed by atoms with Gasteiger partial charge in [-0.2, -0.15) is 0 Å². The number of rotatable bonds is 5. The van der Waals surface area contributed by atoms with Gasteiger partial charge in [-0.25, -0.2) is 0 Å². The standard InChI is InChI=1S/C10H18N2OS/c1-9(14(3)13)6-11-7-10-4-5-12(2)8-10/h4-5,8-9,11H,6-7H2,1-3H3. The first-order valence-electron chi connectivity index (χ1n) is 4.73. The molecule has 80 valence electrons. The Morgan fingerprint density at radius 3 is 2.86 bits per heavy atom. The van der Waals surface area contributed by atoms with Crippen molar-refractivity contribution in [2.75, 3.05) is 12.8 Å². The minimum atomic E-state index is -0.731. The third-order valence-electron chi connectivity index (χ3n) is 2.22. The van der Waals surface area contributed by atoms with Crippen molar-refractivity contribution < 1.29 is 4.21 Å². The van der Waals surface area contributed by atoms with Crippen molar-refractivity contribution in [2.45, 2.75) is 18.7 Å². The van der Waals surface area contributed by atoms with Gasteiger partial charge in [0.05, 0.1) is 0 Å². The molecule has 0 aliphatic carbocycles. The number of nitrogens with one attached hydrogen (secondary N) is 1. The Balaban J connectivity index is 2.25. The maximum absolute atomic E-state index is 11.1. The second kappa shape index (κ2) is 5.32. The van der Waals surface area contributed by atoms with Crippen LogP contribution in [-0.2, 0) is 24.4 Å². The molecule has 1 N–H and O–H groups in total. The van der Waals surface area contributed by atoms with Gasteiger partial charge in [-0.3, -0.25) is 4.21 Å². The van der Waals surface area contributed by atoms with Crippen molar-refractivity contribution in [2.24, 2.45) is 7.05 Å². The molecule has 0 saturated carbocycles. The fraction of sp³-hybridized carbons (Fsp3) is 0.600. The molecule has 1 rings (SSSR count). The summed E-state index contributed by atoms with van der Waals surface area (Å²) < 4.78 is 13.1. The van der Waals surface area contributed by atoms with Gasteiger partial charge in [0.2, 0.25) is 0 Å². The molecule has 2 atom stereocenters. The van der Waals surface area contributed by atoms with Crippen molar-refractivity contribution in [3.63, 3.8) is 0 Å². The highest BCUT2D eigenvalue weighted by molar-refractivity contribution is 7.84. The molecule has 0 radical (unpaired) electrons. The Morgan fingerprint density at radius 1 is 1.64 bits per heavy atom. The van der Waals surface area contributed by atoms with E-state index < -0.39 is 10.8 Å². The summed E-state index contributed by atoms with van der Waals surface area (Å²) in [7, 11) is 1.28. The van der Waals surface area contributed by atoms with Crippen LogP contribution in [0.25, 0.3) is 0 Å². The number of hydrogen-bond donors (Lipinski definition) is 1. The Morgan fingerprint density at radius 2 is 2.36 bits per heavy atom. The average Bonchev–Trinajstić information content (AvgIpc) is 2.51. The van der Waals surface area contributed by atoms with Crippen LogP contribution in [0, 0.1) is 0 Å². The van der Waals surface area contributed by atoms with E-state index in [1.54, 1.807) is 6.26 Å². The third kappa shape index (κ3) is 3.64. The van der Waals surface area contributed by atoms with Crippen LogP contribution in [0.5, 0.6) is 0 Å². The molecule has 0 saturated heterocycles. The van der Waals surface area contributed by atoms with E-state index in [2.05, 4.69) is 17.6 Å². The summed E-state index contributed by atoms with van der Waals surface area (Å²) in [5, 5.41) is 3.51. The zero-order valence-corrected chi connectivity index (χ0v) is 9.80. The minimum absolute atomic E-state index is 0.221. The van der Waals surface area contributed by atoms with Crippen molar-refractivity contribution >= 4 is 10.8 Å². The van der Waals surface area contributed by atoms with E-state index >= 15 is 0 Å². The van der Waals surface area contributed by atoms with Crippen molar-refractivity contribution in [1.82, 2.24) is 9.88 Å². The summed E-state index contributed by atoms with van der Waals surface area (Å²) in [4.78, 5) is 0. The van der Waals surface area contributed by atoms with Gasteiger partial charge >= 0.3 is 0 Å². The van der Waals surface area contributed by atoms with Crippen LogP contribution in [0.15, 0.2) is 18.5 Å². The molecule has 1 aromatic heterocycles. The molecule has 1 heterocycles. The predicted molar refractivity (Wildman–Crippen MR) is 60.6 cm³/mol. The lowest BCUT2D eigenvalue weighted by Gasteiger charge is -2.08. The van der Waals surface area contributed by atoms with E-state index in [9.17, 15) is 4.21 Å². The zero-order chi connectivity index (χ0) is 10.6. The van der Waals surface area contributed by atoms with Crippen LogP contribution in [0.2, 0.25) is 0 Å². The summed E-state index contributed by atoms with van der Waals surface area (Å²) in [6.07, 6.45) is 5.86. The van der Waals surface area contributed by atoms with E-state index in [1.807, 2.05) is 24.7 Å². The lowest BCUT2D eigenvalue weighted by Crippen LogP contribution is -2.27. The number of hydrogen-bond acceptors (Lipinski definition) is 2. The van der Waals surface area contributed by atoms with Crippen LogP contribution in [0.3, 0.4) is 0 Å². The summed E-state index contributed by atoms with van der Waals surface area (Å²) in [5.41, 5.74) is 1.27. The third-order valence-corrected chi connectivity index (χ3v) is 3.52. The summed E-state index contributed by atoms with van der Waals surface area (Å²) in [6, 6.07) is 2.08. The normalized spacial score (nSPS) is 15.4. The summed E-state index contributed by atoms with van der Waals surface area (Å²) in [5.74, 6) is 0. The van der Waals surface area contributed by atoms with E-state index in [0.717, 1.165) is 13.1 Å². The lowest BCUT2D eigenvalue weighted by molar-refractivity contribution is 0.647. The van der Waals surface area contributed by atoms with Gasteiger partial charge in [-0.05, 0) is 18.6 Å². The van der Waals surface area contributed by atoms with Gasteiger partial charge in [-0.15, -0.1) is 0 Å². The molecule has 4 heteroatoms. The maximum atomic E-state index is 11.1. The van der Waals surface area contributed by atoms with Gasteiger partial charge in [0.15, 0.2) is 0 Å². The van der Waals surface area contributed by atoms with Crippen LogP contribution in [-0.4, -0.2) is 26.8 Å². The molecule has 2 unspecified atom stereocenters. The highest BCUT2D eigenvalue weighted by Gasteiger charge is 2.04. The summed E-state index contributed by atoms with van der Waals surface area (Å²) in [6.45, 7) is 3.65. The molecule has 14 heavy (non-hydrogen) atoms. The minimum Gasteiger partial charge on any atom is -0.357 e. The van der Waals surface area contributed by atoms with Gasteiger partial charge in [0, 0.05) is 54.8 Å². The quantitative estimate of drug-likeness (QED) is 0.789. The Bertz CT molecular complexity index is 309. The fourth-order valence-electron chi connectivity index (χ4n) is 1.20. The highest BCUT2D eigenvalue weighted by Crippen LogP contribution is 1.99. The molecule has 0 amide bonds. The van der Waals surface area contributed by atoms with Gasteiger partial charge in [0.1, 0.15) is 0 Å². The average molecular weight is 214 g/mol. The largest absolute Gasteiger partial charge is 0.357 e. The highest BCUT2D eigenvalue weighted by atomic mass is 32.2. The molecule has 0 fully saturated rings. The first kappa shape index (κ1) is 11.5. The number of aryl methyl sites for hydroxylation is 1. The van der Waals surface area contributed by atoms with E-state index in [-0.39, 0.29) is 5.25 Å². The molecule has 3 nitrogen and oxygen atoms in total. The Kier molecular flexibility index (Phi) is 4.35. The second-order valence-corrected chi connectivity index (χ2v) is 5.43. The molecule has 0 spiro atoms. The van der Waals surface area contributed by atoms with Gasteiger partial charge in [-0.1, -0.05) is 0 Å². The molecule has 1 aromatic rings. The van der Waals surface area contributed by atoms with Crippen molar-refractivity contribution in [1.29, 1.82) is 0 Å². The van der Waals surface area contributed by atoms with Crippen LogP contribution >= 0.6 is 0 Å². The van der Waals surface area contributed by atoms with Crippen LogP contribution < -0.4 is 5.32 Å². The number of nitrogens with zero attached hydrogens (tertiary/aromatic N) is 1. The van der Waals surface area contributed by atoms with E-state index in [0.29, 0.717) is 0 Å². The fourth-order valence-corrected chi connectivity index (χ4v) is 1.56. The molecule has 0 aromatic carbocycles. The van der Waals surface area contributed by atoms with E-state index in [1.165, 1.54) is 5.56 Å². The van der Waals surface area contributed by atoms with E-state index in [4.69, 9.17) is 0 Å². The van der Waals surface area contributed by atoms with Crippen LogP contribution in [0.4, 0.5) is 0 Å². The number of aromatic nitrogens is 1. The maximum Gasteiger partial charge on any atom is 0.0441 e. The topological polar surface area (TPSA) is 34.0 Å². The molecule has 0 bridgehead atoms. The molecular weight excluding hydrogens is 196 g/mol. The Hall–Kier alpha value is -0.610. The molecule has 0 aliphatic rings. The smallest absolute Gasteiger partial charge is 0.0441 e. The summed E-state index contributed by atoms with van der Waals surface area (Å²) >= 11 is 0. The first-order valence-corrected chi connectivity index (χ1v) is 6.35.